The van der Waals surface area contributed by atoms with Crippen LogP contribution in [0.5, 0.6) is 0 Å². The van der Waals surface area contributed by atoms with Gasteiger partial charge < -0.3 is 20.8 Å². The number of carboxylic acid groups (broad SMARTS) is 2. The maximum absolute atomic E-state index is 14.0. The summed E-state index contributed by atoms with van der Waals surface area (Å²) < 4.78 is 44.2. The smallest absolute Gasteiger partial charge is 0.318 e. The van der Waals surface area contributed by atoms with E-state index in [-0.39, 0.29) is 19.0 Å². The van der Waals surface area contributed by atoms with Crippen LogP contribution in [0.15, 0.2) is 72.8 Å². The van der Waals surface area contributed by atoms with Crippen molar-refractivity contribution in [2.24, 2.45) is 0 Å². The summed E-state index contributed by atoms with van der Waals surface area (Å²) in [5.41, 5.74) is 9.84. The van der Waals surface area contributed by atoms with E-state index >= 15 is 0 Å². The lowest BCUT2D eigenvalue weighted by molar-refractivity contribution is -0.136. The Balaban J connectivity index is 0.000000492. The van der Waals surface area contributed by atoms with E-state index in [4.69, 9.17) is 10.2 Å². The summed E-state index contributed by atoms with van der Waals surface area (Å²) in [5.74, 6) is -2.65. The number of carbonyl (C=O) groups is 4. The highest BCUT2D eigenvalue weighted by Crippen LogP contribution is 2.40. The number of carbonyl (C=O) groups excluding carboxylic acids is 2. The van der Waals surface area contributed by atoms with Crippen molar-refractivity contribution in [2.45, 2.75) is 60.8 Å². The molecule has 5 rings (SSSR count). The fourth-order valence-electron chi connectivity index (χ4n) is 5.89. The summed E-state index contributed by atoms with van der Waals surface area (Å²) in [5, 5.41) is 23.1. The van der Waals surface area contributed by atoms with Gasteiger partial charge in [0.2, 0.25) is 20.0 Å². The number of aliphatic carboxylic acids is 2. The Hall–Kier alpha value is -5.42. The van der Waals surface area contributed by atoms with Gasteiger partial charge in [0.1, 0.15) is 13.1 Å². The molecule has 0 amide bonds. The van der Waals surface area contributed by atoms with Crippen LogP contribution in [0.25, 0.3) is 0 Å². The number of rotatable bonds is 14. The first-order valence-electron chi connectivity index (χ1n) is 17.8. The standard InChI is InChI=1S/C34H34N2O2.2C3H7NO4S.CH4/c1-5-21-13-11-14-22(6-2)31(21)35-27-19-20-28(36-32-23(7-3)15-12-16-24(32)8-4)30-29(27)33(37)25-17-9-10-18-26(25)34(30)38;2*1-9(7,8)4-2-3(5)6;/h9-20,35-36H,5-8H2,1-4H3;2*4H,2H2,1H3,(H,5,6);1H4. The predicted molar refractivity (Wildman–Crippen MR) is 224 cm³/mol. The molecule has 0 aliphatic heterocycles. The molecule has 0 unspecified atom stereocenters. The minimum absolute atomic E-state index is 0. The number of para-hydroxylation sites is 2. The normalized spacial score (nSPS) is 11.7. The maximum Gasteiger partial charge on any atom is 0.318 e. The lowest BCUT2D eigenvalue weighted by atomic mass is 9.82. The second-order valence-electron chi connectivity index (χ2n) is 12.7. The van der Waals surface area contributed by atoms with E-state index in [0.717, 1.165) is 49.6 Å². The van der Waals surface area contributed by atoms with Gasteiger partial charge in [-0.05, 0) is 60.1 Å². The number of hydrogen-bond acceptors (Lipinski definition) is 10. The Morgan fingerprint density at radius 1 is 0.526 bits per heavy atom. The second-order valence-corrected chi connectivity index (χ2v) is 16.3. The van der Waals surface area contributed by atoms with Crippen LogP contribution in [0.4, 0.5) is 22.7 Å². The fraction of sp³-hybridized carbons (Fsp3) is 0.317. The number of sulfonamides is 2. The number of benzene rings is 4. The molecule has 0 fully saturated rings. The molecule has 4 aromatic carbocycles. The highest BCUT2D eigenvalue weighted by atomic mass is 32.2. The van der Waals surface area contributed by atoms with E-state index in [1.54, 1.807) is 21.6 Å². The second kappa shape index (κ2) is 21.2. The molecule has 0 bridgehead atoms. The summed E-state index contributed by atoms with van der Waals surface area (Å²) in [6, 6.07) is 23.6. The highest BCUT2D eigenvalue weighted by molar-refractivity contribution is 7.89. The zero-order valence-electron chi connectivity index (χ0n) is 32.1. The van der Waals surface area contributed by atoms with Gasteiger partial charge in [-0.25, -0.2) is 26.3 Å². The van der Waals surface area contributed by atoms with Gasteiger partial charge in [0, 0.05) is 22.5 Å². The van der Waals surface area contributed by atoms with Gasteiger partial charge in [-0.1, -0.05) is 95.8 Å². The van der Waals surface area contributed by atoms with Crippen molar-refractivity contribution in [3.63, 3.8) is 0 Å². The van der Waals surface area contributed by atoms with Gasteiger partial charge in [-0.15, -0.1) is 0 Å². The topological polar surface area (TPSA) is 225 Å². The molecule has 14 nitrogen and oxygen atoms in total. The van der Waals surface area contributed by atoms with E-state index in [9.17, 15) is 36.0 Å². The predicted octanol–water partition coefficient (Wildman–Crippen LogP) is 6.08. The summed E-state index contributed by atoms with van der Waals surface area (Å²) in [6.45, 7) is 7.40. The molecule has 0 spiro atoms. The molecule has 4 aromatic rings. The molecular weight excluding hydrogens is 773 g/mol. The molecule has 0 saturated heterocycles. The summed E-state index contributed by atoms with van der Waals surface area (Å²) in [7, 11) is -6.70. The van der Waals surface area contributed by atoms with Crippen molar-refractivity contribution in [3.8, 4) is 0 Å². The third-order valence-corrected chi connectivity index (χ3v) is 9.90. The Labute approximate surface area is 335 Å². The maximum atomic E-state index is 14.0. The average molecular weight is 825 g/mol. The number of aryl methyl sites for hydroxylation is 4. The lowest BCUT2D eigenvalue weighted by Gasteiger charge is -2.26. The molecule has 0 saturated carbocycles. The van der Waals surface area contributed by atoms with Crippen molar-refractivity contribution in [1.29, 1.82) is 0 Å². The third-order valence-electron chi connectivity index (χ3n) is 8.56. The molecular formula is C41H52N4O10S2. The van der Waals surface area contributed by atoms with E-state index in [0.29, 0.717) is 33.6 Å². The van der Waals surface area contributed by atoms with E-state index in [2.05, 4.69) is 74.7 Å². The Morgan fingerprint density at radius 2 is 0.825 bits per heavy atom. The molecule has 0 heterocycles. The Kier molecular flexibility index (Phi) is 17.8. The number of carboxylic acids is 2. The minimum atomic E-state index is -3.35. The Bertz CT molecular complexity index is 2120. The monoisotopic (exact) mass is 824 g/mol. The van der Waals surface area contributed by atoms with Gasteiger partial charge in [-0.3, -0.25) is 19.2 Å². The Morgan fingerprint density at radius 3 is 1.05 bits per heavy atom. The van der Waals surface area contributed by atoms with Crippen LogP contribution in [-0.2, 0) is 55.3 Å². The molecule has 1 aliphatic rings. The van der Waals surface area contributed by atoms with Crippen LogP contribution in [0, 0.1) is 0 Å². The van der Waals surface area contributed by atoms with Crippen LogP contribution in [0.3, 0.4) is 0 Å². The van der Waals surface area contributed by atoms with Gasteiger partial charge in [0.25, 0.3) is 0 Å². The summed E-state index contributed by atoms with van der Waals surface area (Å²) >= 11 is 0. The van der Waals surface area contributed by atoms with Gasteiger partial charge in [-0.2, -0.15) is 0 Å². The van der Waals surface area contributed by atoms with Crippen LogP contribution < -0.4 is 20.1 Å². The van der Waals surface area contributed by atoms with E-state index in [1.807, 2.05) is 24.3 Å². The molecule has 1 aliphatic carbocycles. The zero-order valence-corrected chi connectivity index (χ0v) is 33.8. The molecule has 0 radical (unpaired) electrons. The van der Waals surface area contributed by atoms with E-state index < -0.39 is 45.1 Å². The number of nitrogens with one attached hydrogen (secondary N) is 4. The number of anilines is 4. The first-order valence-corrected chi connectivity index (χ1v) is 21.6. The SMILES string of the molecule is C.CCc1cccc(CC)c1Nc1ccc(Nc2c(CC)cccc2CC)c2c1C(=O)c1ccccc1C2=O.CS(=O)(=O)NCC(=O)O.CS(=O)(=O)NCC(=O)O. The summed E-state index contributed by atoms with van der Waals surface area (Å²) in [4.78, 5) is 47.4. The molecule has 0 atom stereocenters. The average Bonchev–Trinajstić information content (AvgIpc) is 3.15. The first-order chi connectivity index (χ1) is 26.3. The summed E-state index contributed by atoms with van der Waals surface area (Å²) in [6.07, 6.45) is 5.25. The molecule has 16 heteroatoms. The van der Waals surface area contributed by atoms with Crippen molar-refractivity contribution < 1.29 is 46.2 Å². The van der Waals surface area contributed by atoms with Gasteiger partial charge in [0.15, 0.2) is 11.6 Å². The largest absolute Gasteiger partial charge is 0.480 e. The van der Waals surface area contributed by atoms with Crippen molar-refractivity contribution in [2.75, 3.05) is 36.2 Å². The number of hydrogen-bond donors (Lipinski definition) is 6. The minimum Gasteiger partial charge on any atom is -0.480 e. The van der Waals surface area contributed by atoms with Crippen molar-refractivity contribution in [3.05, 3.63) is 117 Å². The van der Waals surface area contributed by atoms with Crippen LogP contribution in [0.2, 0.25) is 0 Å². The number of fused-ring (bicyclic) bond motifs is 2. The third kappa shape index (κ3) is 13.3. The fourth-order valence-corrected chi connectivity index (χ4v) is 6.66. The van der Waals surface area contributed by atoms with Gasteiger partial charge >= 0.3 is 11.9 Å². The van der Waals surface area contributed by atoms with Crippen molar-refractivity contribution in [1.82, 2.24) is 9.44 Å². The van der Waals surface area contributed by atoms with Crippen LogP contribution >= 0.6 is 0 Å². The van der Waals surface area contributed by atoms with Gasteiger partial charge in [0.05, 0.1) is 35.0 Å². The van der Waals surface area contributed by atoms with Crippen LogP contribution in [-0.4, -0.2) is 76.2 Å². The lowest BCUT2D eigenvalue weighted by Crippen LogP contribution is -2.27. The first kappa shape index (κ1) is 47.7. The van der Waals surface area contributed by atoms with Crippen molar-refractivity contribution >= 4 is 66.3 Å². The molecule has 308 valence electrons. The van der Waals surface area contributed by atoms with Crippen LogP contribution in [0.1, 0.15) is 89.2 Å². The number of ketones is 2. The highest BCUT2D eigenvalue weighted by Gasteiger charge is 2.34. The van der Waals surface area contributed by atoms with E-state index in [1.165, 1.54) is 22.3 Å². The molecule has 0 aromatic heterocycles. The zero-order chi connectivity index (χ0) is 41.8. The quantitative estimate of drug-likeness (QED) is 0.0750. The molecule has 57 heavy (non-hydrogen) atoms. The molecule has 6 N–H and O–H groups in total.